The maximum Gasteiger partial charge on any atom is 0.318 e. The summed E-state index contributed by atoms with van der Waals surface area (Å²) < 4.78 is 15.5. The summed E-state index contributed by atoms with van der Waals surface area (Å²) in [6.07, 6.45) is 2.92. The summed E-state index contributed by atoms with van der Waals surface area (Å²) in [5.41, 5.74) is 0. The predicted octanol–water partition coefficient (Wildman–Crippen LogP) is 2.47. The van der Waals surface area contributed by atoms with Crippen LogP contribution in [0, 0.1) is 0 Å². The summed E-state index contributed by atoms with van der Waals surface area (Å²) >= 11 is 0. The van der Waals surface area contributed by atoms with Crippen molar-refractivity contribution in [3.8, 4) is 0 Å². The zero-order chi connectivity index (χ0) is 11.5. The molecule has 0 radical (unpaired) electrons. The molecular formula is C11H22O4. The van der Waals surface area contributed by atoms with E-state index in [1.807, 2.05) is 20.8 Å². The van der Waals surface area contributed by atoms with Crippen molar-refractivity contribution in [2.24, 2.45) is 0 Å². The van der Waals surface area contributed by atoms with Gasteiger partial charge in [0.1, 0.15) is 0 Å². The number of carbonyl (C=O) groups is 1. The van der Waals surface area contributed by atoms with Crippen molar-refractivity contribution in [1.29, 1.82) is 0 Å². The van der Waals surface area contributed by atoms with Crippen molar-refractivity contribution in [1.82, 2.24) is 0 Å². The number of carbonyl (C=O) groups excluding carboxylic acids is 1. The Bertz CT molecular complexity index is 151. The zero-order valence-corrected chi connectivity index (χ0v) is 9.95. The van der Waals surface area contributed by atoms with Crippen LogP contribution in [-0.2, 0) is 19.0 Å². The third-order valence-corrected chi connectivity index (χ3v) is 1.60. The molecular weight excluding hydrogens is 196 g/mol. The molecule has 0 aliphatic heterocycles. The van der Waals surface area contributed by atoms with Gasteiger partial charge in [0.25, 0.3) is 0 Å². The van der Waals surface area contributed by atoms with Crippen LogP contribution >= 0.6 is 0 Å². The number of hydrogen-bond acceptors (Lipinski definition) is 4. The standard InChI is InChI=1S/C11H22O4/c1-4-7-10(12)15-11(13-8-5-2)14-9-6-3/h11H,4-9H2,1-3H3. The van der Waals surface area contributed by atoms with Crippen molar-refractivity contribution >= 4 is 5.97 Å². The van der Waals surface area contributed by atoms with E-state index in [0.717, 1.165) is 19.3 Å². The highest BCUT2D eigenvalue weighted by molar-refractivity contribution is 5.69. The molecule has 0 N–H and O–H groups in total. The molecule has 0 saturated carbocycles. The van der Waals surface area contributed by atoms with E-state index in [2.05, 4.69) is 0 Å². The lowest BCUT2D eigenvalue weighted by Crippen LogP contribution is -2.25. The maximum absolute atomic E-state index is 11.2. The van der Waals surface area contributed by atoms with Crippen LogP contribution in [0.4, 0.5) is 0 Å². The Kier molecular flexibility index (Phi) is 9.52. The van der Waals surface area contributed by atoms with Crippen molar-refractivity contribution in [3.05, 3.63) is 0 Å². The molecule has 0 bridgehead atoms. The Labute approximate surface area is 91.9 Å². The number of rotatable bonds is 9. The van der Waals surface area contributed by atoms with Crippen molar-refractivity contribution in [3.63, 3.8) is 0 Å². The van der Waals surface area contributed by atoms with Crippen LogP contribution in [0.15, 0.2) is 0 Å². The SMILES string of the molecule is CCCOC(OCCC)OC(=O)CCC. The average Bonchev–Trinajstić information content (AvgIpc) is 2.22. The molecule has 0 atom stereocenters. The lowest BCUT2D eigenvalue weighted by Gasteiger charge is -2.17. The van der Waals surface area contributed by atoms with Crippen LogP contribution in [0.5, 0.6) is 0 Å². The van der Waals surface area contributed by atoms with Gasteiger partial charge in [0.05, 0.1) is 13.2 Å². The van der Waals surface area contributed by atoms with Gasteiger partial charge >= 0.3 is 12.4 Å². The van der Waals surface area contributed by atoms with E-state index >= 15 is 0 Å². The van der Waals surface area contributed by atoms with Gasteiger partial charge in [-0.25, -0.2) is 0 Å². The quantitative estimate of drug-likeness (QED) is 0.440. The Hall–Kier alpha value is -0.610. The van der Waals surface area contributed by atoms with Gasteiger partial charge in [-0.05, 0) is 19.3 Å². The van der Waals surface area contributed by atoms with Gasteiger partial charge in [-0.15, -0.1) is 0 Å². The molecule has 4 heteroatoms. The Balaban J connectivity index is 3.82. The van der Waals surface area contributed by atoms with Crippen LogP contribution in [-0.4, -0.2) is 25.7 Å². The Morgan fingerprint density at radius 1 is 1.00 bits per heavy atom. The Morgan fingerprint density at radius 3 is 1.93 bits per heavy atom. The van der Waals surface area contributed by atoms with Gasteiger partial charge in [0, 0.05) is 6.42 Å². The van der Waals surface area contributed by atoms with E-state index in [-0.39, 0.29) is 5.97 Å². The summed E-state index contributed by atoms with van der Waals surface area (Å²) in [5, 5.41) is 0. The van der Waals surface area contributed by atoms with E-state index in [4.69, 9.17) is 14.2 Å². The highest BCUT2D eigenvalue weighted by atomic mass is 16.9. The lowest BCUT2D eigenvalue weighted by molar-refractivity contribution is -0.275. The highest BCUT2D eigenvalue weighted by Gasteiger charge is 2.13. The highest BCUT2D eigenvalue weighted by Crippen LogP contribution is 2.03. The van der Waals surface area contributed by atoms with E-state index in [9.17, 15) is 4.79 Å². The first-order chi connectivity index (χ1) is 7.24. The molecule has 0 aliphatic carbocycles. The summed E-state index contributed by atoms with van der Waals surface area (Å²) in [4.78, 5) is 11.2. The van der Waals surface area contributed by atoms with E-state index in [0.29, 0.717) is 19.6 Å². The fourth-order valence-corrected chi connectivity index (χ4v) is 0.915. The second kappa shape index (κ2) is 9.93. The lowest BCUT2D eigenvalue weighted by atomic mass is 10.3. The minimum absolute atomic E-state index is 0.269. The third kappa shape index (κ3) is 8.39. The predicted molar refractivity (Wildman–Crippen MR) is 57.3 cm³/mol. The number of ether oxygens (including phenoxy) is 3. The van der Waals surface area contributed by atoms with E-state index in [1.165, 1.54) is 0 Å². The van der Waals surface area contributed by atoms with Gasteiger partial charge < -0.3 is 14.2 Å². The van der Waals surface area contributed by atoms with Crippen LogP contribution in [0.1, 0.15) is 46.5 Å². The van der Waals surface area contributed by atoms with Gasteiger partial charge in [-0.2, -0.15) is 0 Å². The molecule has 0 saturated heterocycles. The fraction of sp³-hybridized carbons (Fsp3) is 0.909. The molecule has 0 rings (SSSR count). The molecule has 0 heterocycles. The van der Waals surface area contributed by atoms with Gasteiger partial charge in [-0.1, -0.05) is 20.8 Å². The molecule has 4 nitrogen and oxygen atoms in total. The molecule has 90 valence electrons. The van der Waals surface area contributed by atoms with Crippen molar-refractivity contribution in [2.45, 2.75) is 52.9 Å². The maximum atomic E-state index is 11.2. The van der Waals surface area contributed by atoms with Gasteiger partial charge in [0.2, 0.25) is 0 Å². The number of esters is 1. The minimum atomic E-state index is -0.830. The summed E-state index contributed by atoms with van der Waals surface area (Å²) in [5.74, 6) is -0.269. The van der Waals surface area contributed by atoms with Crippen LogP contribution in [0.25, 0.3) is 0 Å². The van der Waals surface area contributed by atoms with Crippen LogP contribution < -0.4 is 0 Å². The normalized spacial score (nSPS) is 10.7. The van der Waals surface area contributed by atoms with E-state index < -0.39 is 6.48 Å². The fourth-order valence-electron chi connectivity index (χ4n) is 0.915. The first-order valence-electron chi connectivity index (χ1n) is 5.67. The van der Waals surface area contributed by atoms with Gasteiger partial charge in [-0.3, -0.25) is 4.79 Å². The first-order valence-corrected chi connectivity index (χ1v) is 5.67. The second-order valence-electron chi connectivity index (χ2n) is 3.27. The van der Waals surface area contributed by atoms with Crippen molar-refractivity contribution in [2.75, 3.05) is 13.2 Å². The Morgan fingerprint density at radius 2 is 1.53 bits per heavy atom. The van der Waals surface area contributed by atoms with Crippen LogP contribution in [0.2, 0.25) is 0 Å². The smallest absolute Gasteiger partial charge is 0.318 e. The van der Waals surface area contributed by atoms with Crippen LogP contribution in [0.3, 0.4) is 0 Å². The topological polar surface area (TPSA) is 44.8 Å². The molecule has 0 aromatic rings. The third-order valence-electron chi connectivity index (χ3n) is 1.60. The average molecular weight is 218 g/mol. The van der Waals surface area contributed by atoms with E-state index in [1.54, 1.807) is 0 Å². The van der Waals surface area contributed by atoms with Crippen molar-refractivity contribution < 1.29 is 19.0 Å². The molecule has 0 spiro atoms. The molecule has 0 unspecified atom stereocenters. The molecule has 15 heavy (non-hydrogen) atoms. The molecule has 0 aliphatic rings. The molecule has 0 fully saturated rings. The molecule has 0 aromatic carbocycles. The second-order valence-corrected chi connectivity index (χ2v) is 3.27. The van der Waals surface area contributed by atoms with Gasteiger partial charge in [0.15, 0.2) is 0 Å². The molecule has 0 amide bonds. The summed E-state index contributed by atoms with van der Waals surface area (Å²) in [6, 6.07) is 0. The first kappa shape index (κ1) is 14.4. The molecule has 0 aromatic heterocycles. The zero-order valence-electron chi connectivity index (χ0n) is 9.95. The minimum Gasteiger partial charge on any atom is -0.410 e. The summed E-state index contributed by atoms with van der Waals surface area (Å²) in [6.45, 7) is 6.15. The number of hydrogen-bond donors (Lipinski definition) is 0. The monoisotopic (exact) mass is 218 g/mol. The largest absolute Gasteiger partial charge is 0.410 e. The summed E-state index contributed by atoms with van der Waals surface area (Å²) in [7, 11) is 0.